The van der Waals surface area contributed by atoms with E-state index in [9.17, 15) is 14.4 Å². The predicted octanol–water partition coefficient (Wildman–Crippen LogP) is 3.12. The Morgan fingerprint density at radius 2 is 1.77 bits per heavy atom. The van der Waals surface area contributed by atoms with Gasteiger partial charge in [0.2, 0.25) is 11.8 Å². The van der Waals surface area contributed by atoms with Crippen LogP contribution in [-0.2, 0) is 14.3 Å². The summed E-state index contributed by atoms with van der Waals surface area (Å²) in [5.41, 5.74) is 1.67. The van der Waals surface area contributed by atoms with E-state index in [4.69, 9.17) is 11.6 Å². The molecular weight excluding hydrogens is 356 g/mol. The Morgan fingerprint density at radius 3 is 2.38 bits per heavy atom. The fourth-order valence-corrected chi connectivity index (χ4v) is 2.93. The molecule has 1 saturated heterocycles. The van der Waals surface area contributed by atoms with Gasteiger partial charge in [-0.05, 0) is 48.5 Å². The van der Waals surface area contributed by atoms with E-state index in [2.05, 4.69) is 10.1 Å². The number of benzene rings is 2. The molecular formula is C19H17ClN2O4. The summed E-state index contributed by atoms with van der Waals surface area (Å²) in [5, 5.41) is 3.37. The number of hydrogen-bond acceptors (Lipinski definition) is 4. The number of nitrogens with zero attached hydrogens (tertiary/aromatic N) is 1. The Morgan fingerprint density at radius 1 is 1.12 bits per heavy atom. The SMILES string of the molecule is COC(=O)c1ccc(NC(=O)C2CC(=O)N(c3ccc(Cl)cc3)C2)cc1. The second-order valence-electron chi connectivity index (χ2n) is 5.94. The summed E-state index contributed by atoms with van der Waals surface area (Å²) in [7, 11) is 1.31. The summed E-state index contributed by atoms with van der Waals surface area (Å²) < 4.78 is 4.63. The first-order valence-electron chi connectivity index (χ1n) is 8.03. The quantitative estimate of drug-likeness (QED) is 0.837. The smallest absolute Gasteiger partial charge is 0.337 e. The second kappa shape index (κ2) is 7.58. The van der Waals surface area contributed by atoms with Crippen molar-refractivity contribution in [2.75, 3.05) is 23.9 Å². The van der Waals surface area contributed by atoms with E-state index in [1.807, 2.05) is 0 Å². The van der Waals surface area contributed by atoms with Crippen LogP contribution in [0.3, 0.4) is 0 Å². The van der Waals surface area contributed by atoms with E-state index in [0.717, 1.165) is 5.69 Å². The molecule has 2 aromatic carbocycles. The molecule has 0 spiro atoms. The van der Waals surface area contributed by atoms with Gasteiger partial charge in [-0.1, -0.05) is 11.6 Å². The zero-order valence-electron chi connectivity index (χ0n) is 14.1. The molecule has 2 aromatic rings. The average Bonchev–Trinajstić information content (AvgIpc) is 3.04. The maximum atomic E-state index is 12.5. The number of ether oxygens (including phenoxy) is 1. The molecule has 1 unspecified atom stereocenters. The molecule has 1 aliphatic heterocycles. The first-order chi connectivity index (χ1) is 12.5. The van der Waals surface area contributed by atoms with Crippen LogP contribution in [0.15, 0.2) is 48.5 Å². The molecule has 7 heteroatoms. The van der Waals surface area contributed by atoms with Crippen LogP contribution in [0.5, 0.6) is 0 Å². The van der Waals surface area contributed by atoms with Crippen LogP contribution in [-0.4, -0.2) is 31.4 Å². The average molecular weight is 373 g/mol. The Bertz CT molecular complexity index is 834. The van der Waals surface area contributed by atoms with E-state index in [1.54, 1.807) is 53.4 Å². The minimum atomic E-state index is -0.446. The van der Waals surface area contributed by atoms with Gasteiger partial charge in [0, 0.05) is 29.4 Å². The number of rotatable bonds is 4. The van der Waals surface area contributed by atoms with E-state index < -0.39 is 11.9 Å². The van der Waals surface area contributed by atoms with Gasteiger partial charge in [0.1, 0.15) is 0 Å². The standard InChI is InChI=1S/C19H17ClN2O4/c1-26-19(25)12-2-6-15(7-3-12)21-18(24)13-10-17(23)22(11-13)16-8-4-14(20)5-9-16/h2-9,13H,10-11H2,1H3,(H,21,24). The largest absolute Gasteiger partial charge is 0.465 e. The van der Waals surface area contributed by atoms with E-state index in [-0.39, 0.29) is 18.2 Å². The Kier molecular flexibility index (Phi) is 5.23. The zero-order chi connectivity index (χ0) is 18.7. The predicted molar refractivity (Wildman–Crippen MR) is 98.3 cm³/mol. The van der Waals surface area contributed by atoms with Crippen LogP contribution in [0.1, 0.15) is 16.8 Å². The highest BCUT2D eigenvalue weighted by molar-refractivity contribution is 6.30. The summed E-state index contributed by atoms with van der Waals surface area (Å²) in [6, 6.07) is 13.3. The summed E-state index contributed by atoms with van der Waals surface area (Å²) in [6.07, 6.45) is 0.148. The van der Waals surface area contributed by atoms with Gasteiger partial charge in [-0.15, -0.1) is 0 Å². The van der Waals surface area contributed by atoms with Gasteiger partial charge < -0.3 is 15.0 Å². The van der Waals surface area contributed by atoms with Crippen LogP contribution >= 0.6 is 11.6 Å². The number of halogens is 1. The van der Waals surface area contributed by atoms with Crippen molar-refractivity contribution in [1.29, 1.82) is 0 Å². The molecule has 3 rings (SSSR count). The van der Waals surface area contributed by atoms with Gasteiger partial charge in [0.05, 0.1) is 18.6 Å². The number of nitrogens with one attached hydrogen (secondary N) is 1. The van der Waals surface area contributed by atoms with Crippen molar-refractivity contribution >= 4 is 40.8 Å². The van der Waals surface area contributed by atoms with Crippen molar-refractivity contribution in [3.8, 4) is 0 Å². The van der Waals surface area contributed by atoms with Gasteiger partial charge in [-0.3, -0.25) is 9.59 Å². The van der Waals surface area contributed by atoms with Crippen molar-refractivity contribution in [2.24, 2.45) is 5.92 Å². The lowest BCUT2D eigenvalue weighted by Crippen LogP contribution is -2.28. The lowest BCUT2D eigenvalue weighted by Gasteiger charge is -2.16. The Hall–Kier alpha value is -2.86. The van der Waals surface area contributed by atoms with Crippen molar-refractivity contribution in [3.63, 3.8) is 0 Å². The minimum Gasteiger partial charge on any atom is -0.465 e. The number of anilines is 2. The lowest BCUT2D eigenvalue weighted by atomic mass is 10.1. The van der Waals surface area contributed by atoms with Gasteiger partial charge in [0.15, 0.2) is 0 Å². The molecule has 0 bridgehead atoms. The fraction of sp³-hybridized carbons (Fsp3) is 0.211. The normalized spacial score (nSPS) is 16.5. The van der Waals surface area contributed by atoms with E-state index in [0.29, 0.717) is 22.8 Å². The number of hydrogen-bond donors (Lipinski definition) is 1. The highest BCUT2D eigenvalue weighted by Gasteiger charge is 2.35. The number of carbonyl (C=O) groups excluding carboxylic acids is 3. The molecule has 0 aliphatic carbocycles. The summed E-state index contributed by atoms with van der Waals surface area (Å²) >= 11 is 5.87. The molecule has 0 saturated carbocycles. The molecule has 1 aliphatic rings. The maximum absolute atomic E-state index is 12.5. The van der Waals surface area contributed by atoms with Crippen molar-refractivity contribution in [1.82, 2.24) is 0 Å². The third-order valence-corrected chi connectivity index (χ3v) is 4.46. The fourth-order valence-electron chi connectivity index (χ4n) is 2.81. The van der Waals surface area contributed by atoms with Crippen molar-refractivity contribution < 1.29 is 19.1 Å². The summed E-state index contributed by atoms with van der Waals surface area (Å²) in [6.45, 7) is 0.312. The number of carbonyl (C=O) groups is 3. The zero-order valence-corrected chi connectivity index (χ0v) is 14.8. The third-order valence-electron chi connectivity index (χ3n) is 4.21. The van der Waals surface area contributed by atoms with Gasteiger partial charge >= 0.3 is 5.97 Å². The van der Waals surface area contributed by atoms with Gasteiger partial charge in [-0.2, -0.15) is 0 Å². The minimum absolute atomic E-state index is 0.103. The lowest BCUT2D eigenvalue weighted by molar-refractivity contribution is -0.122. The molecule has 1 N–H and O–H groups in total. The Labute approximate surface area is 155 Å². The number of methoxy groups -OCH3 is 1. The summed E-state index contributed by atoms with van der Waals surface area (Å²) in [5.74, 6) is -1.23. The highest BCUT2D eigenvalue weighted by Crippen LogP contribution is 2.27. The van der Waals surface area contributed by atoms with Crippen LogP contribution in [0.4, 0.5) is 11.4 Å². The molecule has 6 nitrogen and oxygen atoms in total. The molecule has 1 heterocycles. The molecule has 0 aromatic heterocycles. The molecule has 26 heavy (non-hydrogen) atoms. The molecule has 2 amide bonds. The molecule has 1 atom stereocenters. The van der Waals surface area contributed by atoms with Crippen LogP contribution < -0.4 is 10.2 Å². The highest BCUT2D eigenvalue weighted by atomic mass is 35.5. The van der Waals surface area contributed by atoms with Crippen molar-refractivity contribution in [3.05, 3.63) is 59.1 Å². The Balaban J connectivity index is 1.64. The number of amides is 2. The summed E-state index contributed by atoms with van der Waals surface area (Å²) in [4.78, 5) is 37.7. The van der Waals surface area contributed by atoms with Crippen LogP contribution in [0, 0.1) is 5.92 Å². The molecule has 1 fully saturated rings. The van der Waals surface area contributed by atoms with Crippen LogP contribution in [0.2, 0.25) is 5.02 Å². The van der Waals surface area contributed by atoms with Gasteiger partial charge in [0.25, 0.3) is 0 Å². The second-order valence-corrected chi connectivity index (χ2v) is 6.38. The maximum Gasteiger partial charge on any atom is 0.337 e. The van der Waals surface area contributed by atoms with Crippen LogP contribution in [0.25, 0.3) is 0 Å². The van der Waals surface area contributed by atoms with Gasteiger partial charge in [-0.25, -0.2) is 4.79 Å². The van der Waals surface area contributed by atoms with E-state index >= 15 is 0 Å². The molecule has 0 radical (unpaired) electrons. The first kappa shape index (κ1) is 17.9. The topological polar surface area (TPSA) is 75.7 Å². The first-order valence-corrected chi connectivity index (χ1v) is 8.41. The van der Waals surface area contributed by atoms with Crippen molar-refractivity contribution in [2.45, 2.75) is 6.42 Å². The third kappa shape index (κ3) is 3.86. The molecule has 134 valence electrons. The van der Waals surface area contributed by atoms with E-state index in [1.165, 1.54) is 7.11 Å². The monoisotopic (exact) mass is 372 g/mol. The number of esters is 1.